The second-order valence-electron chi connectivity index (χ2n) is 3.72. The molecule has 3 nitrogen and oxygen atoms in total. The van der Waals surface area contributed by atoms with Gasteiger partial charge >= 0.3 is 0 Å². The summed E-state index contributed by atoms with van der Waals surface area (Å²) >= 11 is 5.72. The largest absolute Gasteiger partial charge is 0.354 e. The van der Waals surface area contributed by atoms with Crippen LogP contribution in [0.1, 0.15) is 25.3 Å². The highest BCUT2D eigenvalue weighted by atomic mass is 35.5. The first-order valence-corrected chi connectivity index (χ1v) is 5.88. The summed E-state index contributed by atoms with van der Waals surface area (Å²) in [7, 11) is 0. The minimum absolute atomic E-state index is 0.604. The maximum absolute atomic E-state index is 5.72. The standard InChI is InChI=1S/C11H18ClN3/c1-3-10(4-5-12)8-15-11-13-6-9(2)7-14-11/h6-7,10H,3-5,8H2,1-2H3,(H,13,14,15). The monoisotopic (exact) mass is 227 g/mol. The van der Waals surface area contributed by atoms with Crippen molar-refractivity contribution in [1.82, 2.24) is 9.97 Å². The second kappa shape index (κ2) is 6.62. The Bertz CT molecular complexity index is 274. The van der Waals surface area contributed by atoms with Crippen LogP contribution in [0.2, 0.25) is 0 Å². The number of anilines is 1. The molecule has 1 rings (SSSR count). The van der Waals surface area contributed by atoms with Gasteiger partial charge in [0.05, 0.1) is 0 Å². The van der Waals surface area contributed by atoms with Gasteiger partial charge in [0.25, 0.3) is 0 Å². The summed E-state index contributed by atoms with van der Waals surface area (Å²) in [6, 6.07) is 0. The lowest BCUT2D eigenvalue weighted by Gasteiger charge is -2.13. The van der Waals surface area contributed by atoms with E-state index in [-0.39, 0.29) is 0 Å². The SMILES string of the molecule is CCC(CCCl)CNc1ncc(C)cn1. The number of aryl methyl sites for hydroxylation is 1. The molecule has 1 aromatic heterocycles. The van der Waals surface area contributed by atoms with Gasteiger partial charge in [-0.05, 0) is 24.8 Å². The van der Waals surface area contributed by atoms with E-state index in [2.05, 4.69) is 22.2 Å². The molecule has 1 aromatic rings. The molecule has 0 amide bonds. The molecule has 0 radical (unpaired) electrons. The Labute approximate surface area is 96.3 Å². The summed E-state index contributed by atoms with van der Waals surface area (Å²) in [6.07, 6.45) is 5.80. The Hall–Kier alpha value is -0.830. The number of halogens is 1. The minimum Gasteiger partial charge on any atom is -0.354 e. The Balaban J connectivity index is 2.38. The van der Waals surface area contributed by atoms with Gasteiger partial charge < -0.3 is 5.32 Å². The van der Waals surface area contributed by atoms with E-state index in [1.807, 2.05) is 19.3 Å². The smallest absolute Gasteiger partial charge is 0.222 e. The number of hydrogen-bond acceptors (Lipinski definition) is 3. The summed E-state index contributed by atoms with van der Waals surface area (Å²) in [5, 5.41) is 3.23. The average molecular weight is 228 g/mol. The van der Waals surface area contributed by atoms with Gasteiger partial charge in [-0.1, -0.05) is 13.3 Å². The molecule has 0 aliphatic rings. The molecule has 0 bridgehead atoms. The molecule has 84 valence electrons. The average Bonchev–Trinajstić information content (AvgIpc) is 2.26. The topological polar surface area (TPSA) is 37.8 Å². The summed E-state index contributed by atoms with van der Waals surface area (Å²) < 4.78 is 0. The highest BCUT2D eigenvalue weighted by Gasteiger charge is 2.05. The van der Waals surface area contributed by atoms with Gasteiger partial charge in [0.15, 0.2) is 0 Å². The highest BCUT2D eigenvalue weighted by Crippen LogP contribution is 2.10. The maximum Gasteiger partial charge on any atom is 0.222 e. The molecule has 0 saturated heterocycles. The van der Waals surface area contributed by atoms with Crippen LogP contribution in [0.3, 0.4) is 0 Å². The zero-order valence-corrected chi connectivity index (χ0v) is 10.1. The van der Waals surface area contributed by atoms with Crippen molar-refractivity contribution in [2.45, 2.75) is 26.7 Å². The fraction of sp³-hybridized carbons (Fsp3) is 0.636. The number of hydrogen-bond donors (Lipinski definition) is 1. The van der Waals surface area contributed by atoms with Crippen molar-refractivity contribution in [3.8, 4) is 0 Å². The van der Waals surface area contributed by atoms with Crippen molar-refractivity contribution in [3.63, 3.8) is 0 Å². The van der Waals surface area contributed by atoms with E-state index in [0.717, 1.165) is 30.8 Å². The number of alkyl halides is 1. The normalized spacial score (nSPS) is 12.5. The van der Waals surface area contributed by atoms with E-state index in [1.54, 1.807) is 0 Å². The summed E-state index contributed by atoms with van der Waals surface area (Å²) in [5.74, 6) is 2.02. The molecule has 0 aliphatic carbocycles. The van der Waals surface area contributed by atoms with Gasteiger partial charge in [0.2, 0.25) is 5.95 Å². The molecule has 0 saturated carbocycles. The zero-order chi connectivity index (χ0) is 11.1. The van der Waals surface area contributed by atoms with Crippen molar-refractivity contribution in [2.24, 2.45) is 5.92 Å². The molecule has 15 heavy (non-hydrogen) atoms. The van der Waals surface area contributed by atoms with Crippen LogP contribution in [0.5, 0.6) is 0 Å². The van der Waals surface area contributed by atoms with Gasteiger partial charge in [-0.2, -0.15) is 0 Å². The zero-order valence-electron chi connectivity index (χ0n) is 9.33. The lowest BCUT2D eigenvalue weighted by molar-refractivity contribution is 0.520. The van der Waals surface area contributed by atoms with Crippen LogP contribution in [0, 0.1) is 12.8 Å². The number of nitrogens with zero attached hydrogens (tertiary/aromatic N) is 2. The first-order chi connectivity index (χ1) is 7.26. The van der Waals surface area contributed by atoms with E-state index >= 15 is 0 Å². The van der Waals surface area contributed by atoms with E-state index in [0.29, 0.717) is 11.9 Å². The third-order valence-electron chi connectivity index (χ3n) is 2.42. The maximum atomic E-state index is 5.72. The van der Waals surface area contributed by atoms with Crippen molar-refractivity contribution in [3.05, 3.63) is 18.0 Å². The fourth-order valence-corrected chi connectivity index (χ4v) is 1.63. The van der Waals surface area contributed by atoms with Crippen LogP contribution in [0.4, 0.5) is 5.95 Å². The molecule has 4 heteroatoms. The van der Waals surface area contributed by atoms with Gasteiger partial charge in [0, 0.05) is 24.8 Å². The predicted octanol–water partition coefficient (Wildman–Crippen LogP) is 2.85. The van der Waals surface area contributed by atoms with Crippen LogP contribution in [-0.2, 0) is 0 Å². The Kier molecular flexibility index (Phi) is 5.40. The summed E-state index contributed by atoms with van der Waals surface area (Å²) in [5.41, 5.74) is 1.08. The number of rotatable bonds is 6. The molecular formula is C11H18ClN3. The summed E-state index contributed by atoms with van der Waals surface area (Å²) in [4.78, 5) is 8.38. The van der Waals surface area contributed by atoms with Crippen LogP contribution in [0.15, 0.2) is 12.4 Å². The highest BCUT2D eigenvalue weighted by molar-refractivity contribution is 6.17. The molecule has 1 heterocycles. The molecule has 0 fully saturated rings. The quantitative estimate of drug-likeness (QED) is 0.760. The first-order valence-electron chi connectivity index (χ1n) is 5.34. The molecular weight excluding hydrogens is 210 g/mol. The van der Waals surface area contributed by atoms with E-state index < -0.39 is 0 Å². The van der Waals surface area contributed by atoms with Crippen molar-refractivity contribution in [1.29, 1.82) is 0 Å². The molecule has 0 aromatic carbocycles. The van der Waals surface area contributed by atoms with Crippen molar-refractivity contribution < 1.29 is 0 Å². The molecule has 0 aliphatic heterocycles. The molecule has 1 N–H and O–H groups in total. The van der Waals surface area contributed by atoms with Crippen LogP contribution < -0.4 is 5.32 Å². The molecule has 1 atom stereocenters. The second-order valence-corrected chi connectivity index (χ2v) is 4.09. The van der Waals surface area contributed by atoms with E-state index in [1.165, 1.54) is 0 Å². The Morgan fingerprint density at radius 2 is 2.07 bits per heavy atom. The Morgan fingerprint density at radius 3 is 2.60 bits per heavy atom. The van der Waals surface area contributed by atoms with Gasteiger partial charge in [-0.15, -0.1) is 11.6 Å². The number of aromatic nitrogens is 2. The van der Waals surface area contributed by atoms with E-state index in [9.17, 15) is 0 Å². The molecule has 1 unspecified atom stereocenters. The Morgan fingerprint density at radius 1 is 1.40 bits per heavy atom. The van der Waals surface area contributed by atoms with E-state index in [4.69, 9.17) is 11.6 Å². The van der Waals surface area contributed by atoms with Crippen LogP contribution in [0.25, 0.3) is 0 Å². The van der Waals surface area contributed by atoms with Gasteiger partial charge in [0.1, 0.15) is 0 Å². The van der Waals surface area contributed by atoms with Crippen molar-refractivity contribution >= 4 is 17.5 Å². The minimum atomic E-state index is 0.604. The molecule has 0 spiro atoms. The van der Waals surface area contributed by atoms with Crippen LogP contribution in [-0.4, -0.2) is 22.4 Å². The third kappa shape index (κ3) is 4.47. The van der Waals surface area contributed by atoms with Crippen LogP contribution >= 0.6 is 11.6 Å². The third-order valence-corrected chi connectivity index (χ3v) is 2.64. The lowest BCUT2D eigenvalue weighted by atomic mass is 10.0. The summed E-state index contributed by atoms with van der Waals surface area (Å²) in [6.45, 7) is 5.05. The van der Waals surface area contributed by atoms with Crippen molar-refractivity contribution in [2.75, 3.05) is 17.7 Å². The first kappa shape index (κ1) is 12.2. The van der Waals surface area contributed by atoms with Gasteiger partial charge in [-0.25, -0.2) is 9.97 Å². The fourth-order valence-electron chi connectivity index (χ4n) is 1.32. The predicted molar refractivity (Wildman–Crippen MR) is 64.4 cm³/mol. The number of nitrogens with one attached hydrogen (secondary N) is 1. The van der Waals surface area contributed by atoms with Gasteiger partial charge in [-0.3, -0.25) is 0 Å². The lowest BCUT2D eigenvalue weighted by Crippen LogP contribution is -2.15.